The van der Waals surface area contributed by atoms with Crippen molar-refractivity contribution in [3.8, 4) is 0 Å². The molecule has 1 aromatic carbocycles. The number of carboxylic acid groups (broad SMARTS) is 1. The van der Waals surface area contributed by atoms with Crippen molar-refractivity contribution < 1.29 is 19.1 Å². The van der Waals surface area contributed by atoms with Crippen LogP contribution in [0.5, 0.6) is 0 Å². The lowest BCUT2D eigenvalue weighted by Gasteiger charge is -2.40. The molecule has 0 radical (unpaired) electrons. The summed E-state index contributed by atoms with van der Waals surface area (Å²) < 4.78 is 13.7. The monoisotopic (exact) mass is 342 g/mol. The van der Waals surface area contributed by atoms with Crippen LogP contribution in [0.4, 0.5) is 4.39 Å². The molecular weight excluding hydrogens is 323 g/mol. The SMILES string of the molecule is O=C(O)C1CCC(=O)N(CCc2cccnc2)C1c1cccc(F)c1. The molecule has 6 heteroatoms. The van der Waals surface area contributed by atoms with Gasteiger partial charge in [0.15, 0.2) is 0 Å². The topological polar surface area (TPSA) is 70.5 Å². The zero-order valence-electron chi connectivity index (χ0n) is 13.6. The molecule has 0 bridgehead atoms. The second-order valence-corrected chi connectivity index (χ2v) is 6.18. The Morgan fingerprint density at radius 1 is 1.32 bits per heavy atom. The van der Waals surface area contributed by atoms with Crippen LogP contribution >= 0.6 is 0 Å². The molecule has 3 rings (SSSR count). The van der Waals surface area contributed by atoms with E-state index in [0.717, 1.165) is 5.56 Å². The van der Waals surface area contributed by atoms with Crippen LogP contribution in [0.15, 0.2) is 48.8 Å². The molecule has 2 atom stereocenters. The molecule has 25 heavy (non-hydrogen) atoms. The lowest BCUT2D eigenvalue weighted by molar-refractivity contribution is -0.152. The number of aliphatic carboxylic acids is 1. The molecule has 1 aliphatic heterocycles. The van der Waals surface area contributed by atoms with Crippen molar-refractivity contribution >= 4 is 11.9 Å². The van der Waals surface area contributed by atoms with Crippen LogP contribution in [0.3, 0.4) is 0 Å². The van der Waals surface area contributed by atoms with Crippen LogP contribution in [0, 0.1) is 11.7 Å². The fourth-order valence-electron chi connectivity index (χ4n) is 3.37. The Kier molecular flexibility index (Phi) is 5.07. The average Bonchev–Trinajstić information content (AvgIpc) is 2.61. The highest BCUT2D eigenvalue weighted by Gasteiger charge is 2.40. The molecule has 1 amide bonds. The fraction of sp³-hybridized carbons (Fsp3) is 0.316. The maximum atomic E-state index is 13.7. The van der Waals surface area contributed by atoms with E-state index in [2.05, 4.69) is 4.98 Å². The zero-order chi connectivity index (χ0) is 17.8. The molecule has 130 valence electrons. The first-order valence-corrected chi connectivity index (χ1v) is 8.23. The Bertz CT molecular complexity index is 766. The van der Waals surface area contributed by atoms with E-state index in [9.17, 15) is 19.1 Å². The summed E-state index contributed by atoms with van der Waals surface area (Å²) in [6.45, 7) is 0.371. The van der Waals surface area contributed by atoms with Gasteiger partial charge < -0.3 is 10.0 Å². The van der Waals surface area contributed by atoms with E-state index in [0.29, 0.717) is 18.5 Å². The van der Waals surface area contributed by atoms with E-state index in [1.807, 2.05) is 12.1 Å². The predicted octanol–water partition coefficient (Wildman–Crippen LogP) is 2.83. The van der Waals surface area contributed by atoms with Crippen LogP contribution in [0.25, 0.3) is 0 Å². The minimum atomic E-state index is -0.965. The summed E-state index contributed by atoms with van der Waals surface area (Å²) in [4.78, 5) is 29.8. The number of benzene rings is 1. The molecule has 2 aromatic rings. The van der Waals surface area contributed by atoms with Crippen LogP contribution in [0.1, 0.15) is 30.0 Å². The Morgan fingerprint density at radius 3 is 2.84 bits per heavy atom. The smallest absolute Gasteiger partial charge is 0.308 e. The van der Waals surface area contributed by atoms with Crippen LogP contribution in [-0.4, -0.2) is 33.4 Å². The van der Waals surface area contributed by atoms with Crippen molar-refractivity contribution in [3.63, 3.8) is 0 Å². The van der Waals surface area contributed by atoms with E-state index in [-0.39, 0.29) is 18.7 Å². The lowest BCUT2D eigenvalue weighted by Crippen LogP contribution is -2.46. The number of hydrogen-bond donors (Lipinski definition) is 1. The Morgan fingerprint density at radius 2 is 2.16 bits per heavy atom. The van der Waals surface area contributed by atoms with E-state index >= 15 is 0 Å². The number of carboxylic acids is 1. The summed E-state index contributed by atoms with van der Waals surface area (Å²) in [6, 6.07) is 8.91. The summed E-state index contributed by atoms with van der Waals surface area (Å²) in [7, 11) is 0. The van der Waals surface area contributed by atoms with Gasteiger partial charge in [-0.2, -0.15) is 0 Å². The van der Waals surface area contributed by atoms with Gasteiger partial charge in [-0.25, -0.2) is 4.39 Å². The highest BCUT2D eigenvalue weighted by molar-refractivity contribution is 5.81. The van der Waals surface area contributed by atoms with Gasteiger partial charge in [-0.05, 0) is 42.2 Å². The molecular formula is C19H19FN2O3. The number of likely N-dealkylation sites (tertiary alicyclic amines) is 1. The number of rotatable bonds is 5. The standard InChI is InChI=1S/C19H19FN2O3/c20-15-5-1-4-14(11-15)18-16(19(24)25)6-7-17(23)22(18)10-8-13-3-2-9-21-12-13/h1-5,9,11-12,16,18H,6-8,10H2,(H,24,25). The molecule has 2 heterocycles. The van der Waals surface area contributed by atoms with Gasteiger partial charge >= 0.3 is 5.97 Å². The predicted molar refractivity (Wildman–Crippen MR) is 89.2 cm³/mol. The normalized spacial score (nSPS) is 20.5. The Labute approximate surface area is 145 Å². The maximum Gasteiger partial charge on any atom is 0.308 e. The quantitative estimate of drug-likeness (QED) is 0.907. The van der Waals surface area contributed by atoms with Crippen LogP contribution in [0.2, 0.25) is 0 Å². The zero-order valence-corrected chi connectivity index (χ0v) is 13.6. The van der Waals surface area contributed by atoms with Crippen LogP contribution < -0.4 is 0 Å². The van der Waals surface area contributed by atoms with Crippen molar-refractivity contribution in [1.29, 1.82) is 0 Å². The number of halogens is 1. The van der Waals surface area contributed by atoms with Gasteiger partial charge in [0.05, 0.1) is 12.0 Å². The van der Waals surface area contributed by atoms with Crippen molar-refractivity contribution in [2.24, 2.45) is 5.92 Å². The number of aromatic nitrogens is 1. The minimum Gasteiger partial charge on any atom is -0.481 e. The first-order valence-electron chi connectivity index (χ1n) is 8.23. The molecule has 1 fully saturated rings. The number of amides is 1. The largest absolute Gasteiger partial charge is 0.481 e. The summed E-state index contributed by atoms with van der Waals surface area (Å²) in [5, 5.41) is 9.59. The highest BCUT2D eigenvalue weighted by atomic mass is 19.1. The first kappa shape index (κ1) is 17.1. The number of pyridine rings is 1. The molecule has 1 aromatic heterocycles. The van der Waals surface area contributed by atoms with Crippen molar-refractivity contribution in [1.82, 2.24) is 9.88 Å². The van der Waals surface area contributed by atoms with E-state index < -0.39 is 23.7 Å². The second-order valence-electron chi connectivity index (χ2n) is 6.18. The number of hydrogen-bond acceptors (Lipinski definition) is 3. The van der Waals surface area contributed by atoms with Crippen molar-refractivity contribution in [3.05, 3.63) is 65.7 Å². The highest BCUT2D eigenvalue weighted by Crippen LogP contribution is 2.37. The molecule has 0 saturated carbocycles. The van der Waals surface area contributed by atoms with Gasteiger partial charge in [-0.15, -0.1) is 0 Å². The maximum absolute atomic E-state index is 13.7. The summed E-state index contributed by atoms with van der Waals surface area (Å²) in [6.07, 6.45) is 4.41. The molecule has 5 nitrogen and oxygen atoms in total. The minimum absolute atomic E-state index is 0.101. The van der Waals surface area contributed by atoms with Gasteiger partial charge in [-0.3, -0.25) is 14.6 Å². The summed E-state index contributed by atoms with van der Waals surface area (Å²) in [5.41, 5.74) is 1.48. The molecule has 1 N–H and O–H groups in total. The van der Waals surface area contributed by atoms with Crippen molar-refractivity contribution in [2.45, 2.75) is 25.3 Å². The number of nitrogens with zero attached hydrogens (tertiary/aromatic N) is 2. The van der Waals surface area contributed by atoms with Crippen molar-refractivity contribution in [2.75, 3.05) is 6.54 Å². The van der Waals surface area contributed by atoms with Gasteiger partial charge in [0.2, 0.25) is 5.91 Å². The molecule has 1 aliphatic rings. The van der Waals surface area contributed by atoms with Crippen LogP contribution in [-0.2, 0) is 16.0 Å². The second kappa shape index (κ2) is 7.42. The summed E-state index contributed by atoms with van der Waals surface area (Å²) >= 11 is 0. The van der Waals surface area contributed by atoms with Gasteiger partial charge in [-0.1, -0.05) is 18.2 Å². The Hall–Kier alpha value is -2.76. The summed E-state index contributed by atoms with van der Waals surface area (Å²) in [5.74, 6) is -2.25. The number of piperidine rings is 1. The third kappa shape index (κ3) is 3.84. The van der Waals surface area contributed by atoms with E-state index in [1.165, 1.54) is 12.1 Å². The van der Waals surface area contributed by atoms with Gasteiger partial charge in [0.25, 0.3) is 0 Å². The average molecular weight is 342 g/mol. The Balaban J connectivity index is 1.90. The molecule has 0 aliphatic carbocycles. The van der Waals surface area contributed by atoms with E-state index in [1.54, 1.807) is 29.4 Å². The number of carbonyl (C=O) groups excluding carboxylic acids is 1. The van der Waals surface area contributed by atoms with Gasteiger partial charge in [0, 0.05) is 25.4 Å². The lowest BCUT2D eigenvalue weighted by atomic mass is 9.84. The van der Waals surface area contributed by atoms with E-state index in [4.69, 9.17) is 0 Å². The molecule has 2 unspecified atom stereocenters. The fourth-order valence-corrected chi connectivity index (χ4v) is 3.37. The molecule has 0 spiro atoms. The molecule has 1 saturated heterocycles. The third-order valence-corrected chi connectivity index (χ3v) is 4.58. The van der Waals surface area contributed by atoms with Gasteiger partial charge in [0.1, 0.15) is 5.82 Å². The third-order valence-electron chi connectivity index (χ3n) is 4.58. The first-order chi connectivity index (χ1) is 12.1. The number of carbonyl (C=O) groups is 2.